The molecule has 2 aromatic carbocycles. The molecule has 0 saturated heterocycles. The molecule has 1 amide bonds. The number of benzene rings is 2. The van der Waals surface area contributed by atoms with Gasteiger partial charge in [-0.3, -0.25) is 9.36 Å². The number of nitrogens with one attached hydrogen (secondary N) is 1. The maximum atomic E-state index is 12.8. The highest BCUT2D eigenvalue weighted by molar-refractivity contribution is 7.99. The molecule has 1 aliphatic rings. The molecule has 1 saturated carbocycles. The van der Waals surface area contributed by atoms with E-state index in [4.69, 9.17) is 23.2 Å². The molecule has 1 aliphatic carbocycles. The molecular formula is C26H25Cl2N5OS2. The molecule has 6 nitrogen and oxygen atoms in total. The fourth-order valence-corrected chi connectivity index (χ4v) is 6.56. The summed E-state index contributed by atoms with van der Waals surface area (Å²) in [5.41, 5.74) is 1.88. The van der Waals surface area contributed by atoms with Crippen LogP contribution in [0.4, 0.5) is 5.13 Å². The molecule has 186 valence electrons. The Bertz CT molecular complexity index is 1320. The van der Waals surface area contributed by atoms with Crippen molar-refractivity contribution in [3.05, 3.63) is 81.0 Å². The summed E-state index contributed by atoms with van der Waals surface area (Å²) >= 11 is 15.4. The van der Waals surface area contributed by atoms with Crippen molar-refractivity contribution in [2.24, 2.45) is 0 Å². The van der Waals surface area contributed by atoms with Gasteiger partial charge in [0.1, 0.15) is 5.82 Å². The Kier molecular flexibility index (Phi) is 8.26. The zero-order valence-corrected chi connectivity index (χ0v) is 22.6. The number of hydrogen-bond acceptors (Lipinski definition) is 6. The van der Waals surface area contributed by atoms with Crippen LogP contribution in [0.1, 0.15) is 54.3 Å². The first-order valence-electron chi connectivity index (χ1n) is 11.9. The van der Waals surface area contributed by atoms with Crippen molar-refractivity contribution in [3.63, 3.8) is 0 Å². The number of thiazole rings is 1. The van der Waals surface area contributed by atoms with E-state index in [1.165, 1.54) is 42.4 Å². The molecule has 0 aliphatic heterocycles. The van der Waals surface area contributed by atoms with Gasteiger partial charge in [0.25, 0.3) is 0 Å². The minimum absolute atomic E-state index is 0.140. The molecule has 4 aromatic rings. The van der Waals surface area contributed by atoms with E-state index in [0.29, 0.717) is 27.5 Å². The van der Waals surface area contributed by atoms with Crippen molar-refractivity contribution in [1.82, 2.24) is 19.7 Å². The third-order valence-corrected chi connectivity index (χ3v) is 8.74. The lowest BCUT2D eigenvalue weighted by Gasteiger charge is -2.22. The van der Waals surface area contributed by atoms with E-state index >= 15 is 0 Å². The molecule has 2 heterocycles. The summed E-state index contributed by atoms with van der Waals surface area (Å²) in [5.74, 6) is 1.46. The topological polar surface area (TPSA) is 72.7 Å². The van der Waals surface area contributed by atoms with Crippen molar-refractivity contribution in [3.8, 4) is 5.69 Å². The quantitative estimate of drug-likeness (QED) is 0.228. The van der Waals surface area contributed by atoms with Crippen molar-refractivity contribution in [2.75, 3.05) is 11.1 Å². The predicted molar refractivity (Wildman–Crippen MR) is 148 cm³/mol. The van der Waals surface area contributed by atoms with Gasteiger partial charge in [0.2, 0.25) is 5.91 Å². The summed E-state index contributed by atoms with van der Waals surface area (Å²) < 4.78 is 2.11. The zero-order chi connectivity index (χ0) is 24.9. The summed E-state index contributed by atoms with van der Waals surface area (Å²) in [6.45, 7) is 0. The molecule has 0 atom stereocenters. The molecule has 36 heavy (non-hydrogen) atoms. The van der Waals surface area contributed by atoms with Gasteiger partial charge in [-0.1, -0.05) is 78.5 Å². The molecule has 1 fully saturated rings. The monoisotopic (exact) mass is 557 g/mol. The molecule has 10 heteroatoms. The van der Waals surface area contributed by atoms with Gasteiger partial charge < -0.3 is 5.32 Å². The van der Waals surface area contributed by atoms with E-state index in [9.17, 15) is 4.79 Å². The molecule has 0 bridgehead atoms. The second-order valence-corrected chi connectivity index (χ2v) is 11.6. The van der Waals surface area contributed by atoms with Gasteiger partial charge in [0.05, 0.1) is 5.75 Å². The van der Waals surface area contributed by atoms with Crippen LogP contribution < -0.4 is 5.32 Å². The minimum Gasteiger partial charge on any atom is -0.301 e. The molecular weight excluding hydrogens is 533 g/mol. The van der Waals surface area contributed by atoms with E-state index in [0.717, 1.165) is 40.0 Å². The van der Waals surface area contributed by atoms with Gasteiger partial charge in [-0.05, 0) is 42.7 Å². The lowest BCUT2D eigenvalue weighted by molar-refractivity contribution is -0.113. The number of para-hydroxylation sites is 1. The van der Waals surface area contributed by atoms with Crippen molar-refractivity contribution < 1.29 is 4.79 Å². The number of rotatable bonds is 8. The summed E-state index contributed by atoms with van der Waals surface area (Å²) in [4.78, 5) is 18.1. The van der Waals surface area contributed by atoms with E-state index in [2.05, 4.69) is 37.2 Å². The second-order valence-electron chi connectivity index (χ2n) is 8.69. The standard InChI is InChI=1S/C26H25Cl2N5OS2/c27-21-12-7-13-22(28)20(21)14-19-15-29-25(36-19)30-23(34)16-35-26-32-31-24(17-8-3-1-4-9-17)33(26)18-10-5-2-6-11-18/h2,5-7,10-13,15,17H,1,3-4,8-9,14,16H2,(H,29,30,34). The van der Waals surface area contributed by atoms with E-state index in [1.807, 2.05) is 36.4 Å². The Morgan fingerprint density at radius 2 is 1.78 bits per heavy atom. The lowest BCUT2D eigenvalue weighted by atomic mass is 9.88. The summed E-state index contributed by atoms with van der Waals surface area (Å²) in [7, 11) is 0. The van der Waals surface area contributed by atoms with Crippen LogP contribution in [0.5, 0.6) is 0 Å². The van der Waals surface area contributed by atoms with Crippen LogP contribution in [0.3, 0.4) is 0 Å². The van der Waals surface area contributed by atoms with Crippen LogP contribution in [0.25, 0.3) is 5.69 Å². The summed E-state index contributed by atoms with van der Waals surface area (Å²) in [6, 6.07) is 15.6. The molecule has 0 spiro atoms. The molecule has 0 unspecified atom stereocenters. The Balaban J connectivity index is 1.25. The highest BCUT2D eigenvalue weighted by Crippen LogP contribution is 2.35. The number of carbonyl (C=O) groups excluding carboxylic acids is 1. The first-order chi connectivity index (χ1) is 17.6. The van der Waals surface area contributed by atoms with Crippen LogP contribution >= 0.6 is 46.3 Å². The van der Waals surface area contributed by atoms with Crippen molar-refractivity contribution in [1.29, 1.82) is 0 Å². The molecule has 5 rings (SSSR count). The zero-order valence-electron chi connectivity index (χ0n) is 19.5. The van der Waals surface area contributed by atoms with Crippen LogP contribution in [0, 0.1) is 0 Å². The molecule has 1 N–H and O–H groups in total. The second kappa shape index (κ2) is 11.8. The smallest absolute Gasteiger partial charge is 0.236 e. The SMILES string of the molecule is O=C(CSc1nnc(C2CCCCC2)n1-c1ccccc1)Nc1ncc(Cc2c(Cl)cccc2Cl)s1. The van der Waals surface area contributed by atoms with Gasteiger partial charge in [-0.25, -0.2) is 4.98 Å². The number of anilines is 1. The maximum absolute atomic E-state index is 12.8. The Morgan fingerprint density at radius 1 is 1.03 bits per heavy atom. The van der Waals surface area contributed by atoms with Crippen molar-refractivity contribution in [2.45, 2.75) is 49.6 Å². The number of amides is 1. The third-order valence-electron chi connectivity index (χ3n) is 6.19. The number of carbonyl (C=O) groups is 1. The summed E-state index contributed by atoms with van der Waals surface area (Å²) in [5, 5.41) is 14.4. The van der Waals surface area contributed by atoms with Gasteiger partial charge in [-0.2, -0.15) is 0 Å². The highest BCUT2D eigenvalue weighted by Gasteiger charge is 2.24. The van der Waals surface area contributed by atoms with Crippen LogP contribution in [-0.4, -0.2) is 31.4 Å². The Labute approximate surface area is 228 Å². The van der Waals surface area contributed by atoms with Crippen molar-refractivity contribution >= 4 is 57.3 Å². The average molecular weight is 559 g/mol. The van der Waals surface area contributed by atoms with Crippen LogP contribution in [0.15, 0.2) is 59.9 Å². The number of hydrogen-bond donors (Lipinski definition) is 1. The molecule has 0 radical (unpaired) electrons. The lowest BCUT2D eigenvalue weighted by Crippen LogP contribution is -2.15. The Morgan fingerprint density at radius 3 is 2.53 bits per heavy atom. The highest BCUT2D eigenvalue weighted by atomic mass is 35.5. The van der Waals surface area contributed by atoms with Gasteiger partial charge in [0.15, 0.2) is 10.3 Å². The first kappa shape index (κ1) is 25.3. The number of thioether (sulfide) groups is 1. The minimum atomic E-state index is -0.140. The van der Waals surface area contributed by atoms with Gasteiger partial charge >= 0.3 is 0 Å². The van der Waals surface area contributed by atoms with Crippen LogP contribution in [-0.2, 0) is 11.2 Å². The number of aromatic nitrogens is 4. The van der Waals surface area contributed by atoms with E-state index < -0.39 is 0 Å². The number of nitrogens with zero attached hydrogens (tertiary/aromatic N) is 4. The van der Waals surface area contributed by atoms with E-state index in [1.54, 1.807) is 6.20 Å². The maximum Gasteiger partial charge on any atom is 0.236 e. The van der Waals surface area contributed by atoms with E-state index in [-0.39, 0.29) is 11.7 Å². The average Bonchev–Trinajstić information content (AvgIpc) is 3.53. The number of halogens is 2. The normalized spacial score (nSPS) is 14.2. The molecule has 2 aromatic heterocycles. The first-order valence-corrected chi connectivity index (χ1v) is 14.5. The third kappa shape index (κ3) is 5.94. The summed E-state index contributed by atoms with van der Waals surface area (Å²) in [6.07, 6.45) is 8.28. The Hall–Kier alpha value is -2.39. The fraction of sp³-hybridized carbons (Fsp3) is 0.308. The van der Waals surface area contributed by atoms with Crippen LogP contribution in [0.2, 0.25) is 10.0 Å². The van der Waals surface area contributed by atoms with Gasteiger partial charge in [-0.15, -0.1) is 21.5 Å². The fourth-order valence-electron chi connectivity index (χ4n) is 4.43. The largest absolute Gasteiger partial charge is 0.301 e. The van der Waals surface area contributed by atoms with Gasteiger partial charge in [0, 0.05) is 39.1 Å². The predicted octanol–water partition coefficient (Wildman–Crippen LogP) is 7.40.